The summed E-state index contributed by atoms with van der Waals surface area (Å²) in [4.78, 5) is 19.2. The highest BCUT2D eigenvalue weighted by atomic mass is 32.2. The molecule has 0 aliphatic carbocycles. The highest BCUT2D eigenvalue weighted by molar-refractivity contribution is 8.00. The highest BCUT2D eigenvalue weighted by Gasteiger charge is 2.38. The quantitative estimate of drug-likeness (QED) is 0.883. The van der Waals surface area contributed by atoms with E-state index in [0.717, 1.165) is 23.2 Å². The maximum Gasteiger partial charge on any atom is 0.270 e. The highest BCUT2D eigenvalue weighted by Crippen LogP contribution is 2.32. The number of hydrogen-bond donors (Lipinski definition) is 1. The van der Waals surface area contributed by atoms with Crippen molar-refractivity contribution < 1.29 is 4.79 Å². The molecule has 110 valence electrons. The number of nitrogens with one attached hydrogen (secondary N) is 1. The monoisotopic (exact) mass is 319 g/mol. The van der Waals surface area contributed by atoms with Gasteiger partial charge in [0.05, 0.1) is 4.21 Å². The van der Waals surface area contributed by atoms with Crippen LogP contribution in [-0.2, 0) is 0 Å². The molecule has 2 fully saturated rings. The molecule has 0 saturated carbocycles. The molecule has 0 spiro atoms. The molecule has 6 heteroatoms. The van der Waals surface area contributed by atoms with Crippen molar-refractivity contribution in [2.45, 2.75) is 16.7 Å². The summed E-state index contributed by atoms with van der Waals surface area (Å²) in [5.41, 5.74) is 0.537. The molecule has 2 aromatic rings. The smallest absolute Gasteiger partial charge is 0.270 e. The molecule has 1 N–H and O–H groups in total. The number of amides is 1. The fraction of sp³-hybridized carbons (Fsp3) is 0.467. The predicted octanol–water partition coefficient (Wildman–Crippen LogP) is 2.45. The van der Waals surface area contributed by atoms with Gasteiger partial charge in [-0.3, -0.25) is 9.78 Å². The molecule has 4 heterocycles. The molecule has 0 aromatic carbocycles. The Labute approximate surface area is 131 Å². The predicted molar refractivity (Wildman–Crippen MR) is 87.2 cm³/mol. The van der Waals surface area contributed by atoms with Crippen molar-refractivity contribution in [2.24, 2.45) is 5.92 Å². The Morgan fingerprint density at radius 1 is 1.48 bits per heavy atom. The SMILES string of the molecule is CSc1cc2cnc(C(=O)NC3CN4CCC3C4)cc2s1. The number of thiophene rings is 1. The van der Waals surface area contributed by atoms with Crippen LogP contribution >= 0.6 is 23.1 Å². The van der Waals surface area contributed by atoms with E-state index >= 15 is 0 Å². The second-order valence-electron chi connectivity index (χ2n) is 5.77. The number of pyridine rings is 1. The first kappa shape index (κ1) is 13.5. The molecule has 0 radical (unpaired) electrons. The summed E-state index contributed by atoms with van der Waals surface area (Å²) >= 11 is 3.45. The third-order valence-electron chi connectivity index (χ3n) is 4.46. The Hall–Kier alpha value is -1.11. The van der Waals surface area contributed by atoms with Crippen LogP contribution in [0.25, 0.3) is 10.1 Å². The van der Waals surface area contributed by atoms with Crippen LogP contribution in [0.3, 0.4) is 0 Å². The lowest BCUT2D eigenvalue weighted by molar-refractivity contribution is 0.0919. The van der Waals surface area contributed by atoms with Crippen molar-refractivity contribution in [3.05, 3.63) is 24.0 Å². The average molecular weight is 319 g/mol. The van der Waals surface area contributed by atoms with Gasteiger partial charge in [-0.05, 0) is 37.3 Å². The molecule has 21 heavy (non-hydrogen) atoms. The fourth-order valence-corrected chi connectivity index (χ4v) is 4.97. The van der Waals surface area contributed by atoms with Gasteiger partial charge in [0.25, 0.3) is 5.91 Å². The molecule has 1 amide bonds. The first-order chi connectivity index (χ1) is 10.2. The van der Waals surface area contributed by atoms with Gasteiger partial charge in [0.2, 0.25) is 0 Å². The lowest BCUT2D eigenvalue weighted by Crippen LogP contribution is -2.43. The van der Waals surface area contributed by atoms with E-state index in [-0.39, 0.29) is 5.91 Å². The van der Waals surface area contributed by atoms with E-state index in [0.29, 0.717) is 17.7 Å². The lowest BCUT2D eigenvalue weighted by atomic mass is 10.00. The van der Waals surface area contributed by atoms with Gasteiger partial charge >= 0.3 is 0 Å². The van der Waals surface area contributed by atoms with Crippen molar-refractivity contribution >= 4 is 39.1 Å². The molecule has 2 saturated heterocycles. The molecule has 3 atom stereocenters. The Morgan fingerprint density at radius 2 is 2.38 bits per heavy atom. The number of carbonyl (C=O) groups excluding carboxylic acids is 1. The van der Waals surface area contributed by atoms with Gasteiger partial charge in [-0.1, -0.05) is 0 Å². The van der Waals surface area contributed by atoms with Crippen LogP contribution in [0.2, 0.25) is 0 Å². The van der Waals surface area contributed by atoms with Crippen LogP contribution in [0.5, 0.6) is 0 Å². The Balaban J connectivity index is 1.53. The van der Waals surface area contributed by atoms with E-state index in [9.17, 15) is 4.79 Å². The van der Waals surface area contributed by atoms with E-state index in [1.54, 1.807) is 23.1 Å². The maximum absolute atomic E-state index is 12.4. The number of hydrogen-bond acceptors (Lipinski definition) is 5. The molecule has 2 bridgehead atoms. The van der Waals surface area contributed by atoms with E-state index in [1.807, 2.05) is 12.3 Å². The molecular weight excluding hydrogens is 302 g/mol. The summed E-state index contributed by atoms with van der Waals surface area (Å²) in [6.45, 7) is 3.32. The van der Waals surface area contributed by atoms with Crippen LogP contribution in [0.15, 0.2) is 22.5 Å². The minimum absolute atomic E-state index is 0.0326. The van der Waals surface area contributed by atoms with Crippen LogP contribution in [0.1, 0.15) is 16.9 Å². The molecule has 2 aliphatic heterocycles. The first-order valence-corrected chi connectivity index (χ1v) is 9.24. The van der Waals surface area contributed by atoms with E-state index in [2.05, 4.69) is 27.5 Å². The van der Waals surface area contributed by atoms with E-state index < -0.39 is 0 Å². The normalized spacial score (nSPS) is 27.4. The second kappa shape index (κ2) is 5.26. The van der Waals surface area contributed by atoms with Crippen LogP contribution in [0, 0.1) is 5.92 Å². The lowest BCUT2D eigenvalue weighted by Gasteiger charge is -2.22. The van der Waals surface area contributed by atoms with Gasteiger partial charge in [-0.15, -0.1) is 23.1 Å². The Kier molecular flexibility index (Phi) is 3.40. The Morgan fingerprint density at radius 3 is 3.10 bits per heavy atom. The van der Waals surface area contributed by atoms with Gasteiger partial charge < -0.3 is 10.2 Å². The largest absolute Gasteiger partial charge is 0.346 e. The molecule has 2 aromatic heterocycles. The fourth-order valence-electron chi connectivity index (χ4n) is 3.32. The van der Waals surface area contributed by atoms with E-state index in [1.165, 1.54) is 17.2 Å². The maximum atomic E-state index is 12.4. The van der Waals surface area contributed by atoms with Gasteiger partial charge in [0.15, 0.2) is 0 Å². The third-order valence-corrected chi connectivity index (χ3v) is 6.62. The van der Waals surface area contributed by atoms with Crippen LogP contribution < -0.4 is 5.32 Å². The van der Waals surface area contributed by atoms with Gasteiger partial charge in [-0.25, -0.2) is 0 Å². The topological polar surface area (TPSA) is 45.2 Å². The molecule has 4 nitrogen and oxygen atoms in total. The summed E-state index contributed by atoms with van der Waals surface area (Å²) in [5, 5.41) is 4.29. The number of rotatable bonds is 3. The number of fused-ring (bicyclic) bond motifs is 3. The number of aromatic nitrogens is 1. The van der Waals surface area contributed by atoms with Crippen LogP contribution in [0.4, 0.5) is 0 Å². The van der Waals surface area contributed by atoms with Crippen molar-refractivity contribution in [3.63, 3.8) is 0 Å². The minimum atomic E-state index is -0.0326. The second-order valence-corrected chi connectivity index (χ2v) is 7.96. The first-order valence-electron chi connectivity index (χ1n) is 7.20. The number of piperidine rings is 1. The number of thioether (sulfide) groups is 1. The van der Waals surface area contributed by atoms with Crippen molar-refractivity contribution in [1.29, 1.82) is 0 Å². The summed E-state index contributed by atoms with van der Waals surface area (Å²) in [6.07, 6.45) is 5.08. The molecular formula is C15H17N3OS2. The average Bonchev–Trinajstić information content (AvgIpc) is 3.20. The zero-order chi connectivity index (χ0) is 14.4. The van der Waals surface area contributed by atoms with Gasteiger partial charge in [-0.2, -0.15) is 0 Å². The van der Waals surface area contributed by atoms with Gasteiger partial charge in [0, 0.05) is 35.4 Å². The summed E-state index contributed by atoms with van der Waals surface area (Å²) in [6, 6.07) is 4.35. The van der Waals surface area contributed by atoms with Crippen molar-refractivity contribution in [3.8, 4) is 0 Å². The minimum Gasteiger partial charge on any atom is -0.346 e. The molecule has 3 unspecified atom stereocenters. The van der Waals surface area contributed by atoms with E-state index in [4.69, 9.17) is 0 Å². The zero-order valence-electron chi connectivity index (χ0n) is 11.8. The zero-order valence-corrected chi connectivity index (χ0v) is 13.5. The molecule has 4 rings (SSSR count). The summed E-state index contributed by atoms with van der Waals surface area (Å²) in [5.74, 6) is 0.595. The number of nitrogens with zero attached hydrogens (tertiary/aromatic N) is 2. The standard InChI is InChI=1S/C15H17N3OS2/c1-20-14-4-10-6-16-11(5-13(10)21-14)15(19)17-12-8-18-3-2-9(12)7-18/h4-6,9,12H,2-3,7-8H2,1H3,(H,17,19). The van der Waals surface area contributed by atoms with Crippen LogP contribution in [-0.4, -0.2) is 47.7 Å². The van der Waals surface area contributed by atoms with Crippen molar-refractivity contribution in [2.75, 3.05) is 25.9 Å². The summed E-state index contributed by atoms with van der Waals surface area (Å²) < 4.78 is 2.39. The Bertz CT molecular complexity index is 699. The van der Waals surface area contributed by atoms with Gasteiger partial charge in [0.1, 0.15) is 5.69 Å². The molecule has 2 aliphatic rings. The van der Waals surface area contributed by atoms with Crippen molar-refractivity contribution in [1.82, 2.24) is 15.2 Å². The number of carbonyl (C=O) groups is 1. The summed E-state index contributed by atoms with van der Waals surface area (Å²) in [7, 11) is 0. The third kappa shape index (κ3) is 2.45.